The highest BCUT2D eigenvalue weighted by molar-refractivity contribution is 5.78. The lowest BCUT2D eigenvalue weighted by Crippen LogP contribution is -2.44. The Balaban J connectivity index is 2.30. The first-order valence-electron chi connectivity index (χ1n) is 5.57. The zero-order valence-electron chi connectivity index (χ0n) is 10.3. The first kappa shape index (κ1) is 13.3. The lowest BCUT2D eigenvalue weighted by atomic mass is 10.1. The Labute approximate surface area is 103 Å². The number of carbonyl (C=O) groups excluding carboxylic acids is 1. The topological polar surface area (TPSA) is 41.1 Å². The van der Waals surface area contributed by atoms with E-state index in [9.17, 15) is 4.79 Å². The molecule has 0 atom stereocenters. The monoisotopic (exact) mass is 230 g/mol. The van der Waals surface area contributed by atoms with Crippen LogP contribution in [-0.4, -0.2) is 18.0 Å². The fourth-order valence-corrected chi connectivity index (χ4v) is 1.21. The average Bonchev–Trinajstić information content (AvgIpc) is 2.35. The van der Waals surface area contributed by atoms with Gasteiger partial charge in [0, 0.05) is 6.54 Å². The Morgan fingerprint density at radius 2 is 2.00 bits per heavy atom. The molecule has 0 saturated carbocycles. The highest BCUT2D eigenvalue weighted by Gasteiger charge is 2.13. The zero-order valence-corrected chi connectivity index (χ0v) is 10.3. The minimum absolute atomic E-state index is 0.0582. The molecule has 0 aliphatic heterocycles. The molecule has 3 heteroatoms. The van der Waals surface area contributed by atoms with E-state index in [-0.39, 0.29) is 12.5 Å². The van der Waals surface area contributed by atoms with E-state index >= 15 is 0 Å². The molecule has 0 fully saturated rings. The van der Waals surface area contributed by atoms with E-state index in [1.165, 1.54) is 0 Å². The lowest BCUT2D eigenvalue weighted by molar-refractivity contribution is -0.120. The second-order valence-corrected chi connectivity index (χ2v) is 4.39. The number of benzene rings is 1. The van der Waals surface area contributed by atoms with Crippen LogP contribution in [0.2, 0.25) is 0 Å². The van der Waals surface area contributed by atoms with Crippen molar-refractivity contribution in [2.45, 2.75) is 25.9 Å². The number of nitrogens with one attached hydrogen (secondary N) is 2. The molecule has 0 spiro atoms. The second kappa shape index (κ2) is 6.07. The third-order valence-corrected chi connectivity index (χ3v) is 2.38. The number of rotatable bonds is 5. The Hall–Kier alpha value is -1.79. The zero-order chi connectivity index (χ0) is 12.7. The number of carbonyl (C=O) groups is 1. The van der Waals surface area contributed by atoms with Gasteiger partial charge in [-0.1, -0.05) is 36.3 Å². The van der Waals surface area contributed by atoms with Crippen molar-refractivity contribution in [1.82, 2.24) is 10.6 Å². The van der Waals surface area contributed by atoms with Crippen molar-refractivity contribution in [1.29, 1.82) is 0 Å². The van der Waals surface area contributed by atoms with Gasteiger partial charge in [-0.15, -0.1) is 6.42 Å². The van der Waals surface area contributed by atoms with Crippen LogP contribution in [0.25, 0.3) is 0 Å². The van der Waals surface area contributed by atoms with E-state index < -0.39 is 5.54 Å². The molecule has 0 heterocycles. The van der Waals surface area contributed by atoms with Crippen molar-refractivity contribution in [3.05, 3.63) is 35.9 Å². The summed E-state index contributed by atoms with van der Waals surface area (Å²) in [7, 11) is 0. The van der Waals surface area contributed by atoms with Gasteiger partial charge in [0.15, 0.2) is 0 Å². The molecule has 17 heavy (non-hydrogen) atoms. The van der Waals surface area contributed by atoms with E-state index in [0.717, 1.165) is 5.56 Å². The predicted octanol–water partition coefficient (Wildman–Crippen LogP) is 1.30. The maximum Gasteiger partial charge on any atom is 0.234 e. The molecule has 0 aliphatic rings. The SMILES string of the molecule is C#CC(C)(C)NCC(=O)NCc1ccccc1. The predicted molar refractivity (Wildman–Crippen MR) is 69.2 cm³/mol. The molecule has 1 aromatic rings. The summed E-state index contributed by atoms with van der Waals surface area (Å²) >= 11 is 0. The van der Waals surface area contributed by atoms with Crippen molar-refractivity contribution in [3.63, 3.8) is 0 Å². The van der Waals surface area contributed by atoms with Gasteiger partial charge in [-0.3, -0.25) is 10.1 Å². The molecule has 1 rings (SSSR count). The molecule has 0 aromatic heterocycles. The van der Waals surface area contributed by atoms with Gasteiger partial charge in [0.2, 0.25) is 5.91 Å². The van der Waals surface area contributed by atoms with Crippen LogP contribution < -0.4 is 10.6 Å². The maximum atomic E-state index is 11.5. The maximum absolute atomic E-state index is 11.5. The Morgan fingerprint density at radius 1 is 1.35 bits per heavy atom. The van der Waals surface area contributed by atoms with Gasteiger partial charge in [0.25, 0.3) is 0 Å². The summed E-state index contributed by atoms with van der Waals surface area (Å²) < 4.78 is 0. The highest BCUT2D eigenvalue weighted by atomic mass is 16.1. The highest BCUT2D eigenvalue weighted by Crippen LogP contribution is 1.98. The van der Waals surface area contributed by atoms with Gasteiger partial charge >= 0.3 is 0 Å². The fraction of sp³-hybridized carbons (Fsp3) is 0.357. The Bertz CT molecular complexity index is 404. The third kappa shape index (κ3) is 5.19. The van der Waals surface area contributed by atoms with Gasteiger partial charge < -0.3 is 5.32 Å². The van der Waals surface area contributed by atoms with Crippen LogP contribution in [0.15, 0.2) is 30.3 Å². The van der Waals surface area contributed by atoms with Crippen LogP contribution in [0.1, 0.15) is 19.4 Å². The number of amides is 1. The van der Waals surface area contributed by atoms with E-state index in [0.29, 0.717) is 6.54 Å². The number of hydrogen-bond donors (Lipinski definition) is 2. The summed E-state index contributed by atoms with van der Waals surface area (Å²) in [6.07, 6.45) is 5.31. The number of hydrogen-bond acceptors (Lipinski definition) is 2. The first-order valence-corrected chi connectivity index (χ1v) is 5.57. The molecule has 0 saturated heterocycles. The van der Waals surface area contributed by atoms with Gasteiger partial charge in [-0.25, -0.2) is 0 Å². The van der Waals surface area contributed by atoms with E-state index in [2.05, 4.69) is 16.6 Å². The molecule has 1 amide bonds. The van der Waals surface area contributed by atoms with Crippen molar-refractivity contribution in [2.75, 3.05) is 6.54 Å². The molecule has 0 unspecified atom stereocenters. The second-order valence-electron chi connectivity index (χ2n) is 4.39. The molecule has 0 aliphatic carbocycles. The first-order chi connectivity index (χ1) is 8.03. The smallest absolute Gasteiger partial charge is 0.234 e. The van der Waals surface area contributed by atoms with Crippen LogP contribution in [-0.2, 0) is 11.3 Å². The third-order valence-electron chi connectivity index (χ3n) is 2.38. The van der Waals surface area contributed by atoms with Crippen LogP contribution in [0.3, 0.4) is 0 Å². The minimum Gasteiger partial charge on any atom is -0.351 e. The normalized spacial score (nSPS) is 10.6. The summed E-state index contributed by atoms with van der Waals surface area (Å²) in [5, 5.41) is 5.82. The van der Waals surface area contributed by atoms with Gasteiger partial charge in [-0.05, 0) is 19.4 Å². The van der Waals surface area contributed by atoms with E-state index in [1.807, 2.05) is 44.2 Å². The van der Waals surface area contributed by atoms with Crippen LogP contribution >= 0.6 is 0 Å². The average molecular weight is 230 g/mol. The summed E-state index contributed by atoms with van der Waals surface area (Å²) in [6, 6.07) is 9.78. The Kier molecular flexibility index (Phi) is 4.74. The summed E-state index contributed by atoms with van der Waals surface area (Å²) in [5.74, 6) is 2.52. The van der Waals surface area contributed by atoms with Gasteiger partial charge in [0.1, 0.15) is 0 Å². The van der Waals surface area contributed by atoms with Crippen molar-refractivity contribution >= 4 is 5.91 Å². The van der Waals surface area contributed by atoms with Crippen molar-refractivity contribution in [2.24, 2.45) is 0 Å². The molecule has 1 aromatic carbocycles. The summed E-state index contributed by atoms with van der Waals surface area (Å²) in [6.45, 7) is 4.48. The fourth-order valence-electron chi connectivity index (χ4n) is 1.21. The molecule has 3 nitrogen and oxygen atoms in total. The minimum atomic E-state index is -0.454. The molecular weight excluding hydrogens is 212 g/mol. The van der Waals surface area contributed by atoms with E-state index in [4.69, 9.17) is 6.42 Å². The summed E-state index contributed by atoms with van der Waals surface area (Å²) in [4.78, 5) is 11.5. The van der Waals surface area contributed by atoms with Crippen LogP contribution in [0, 0.1) is 12.3 Å². The van der Waals surface area contributed by atoms with Gasteiger partial charge in [0.05, 0.1) is 12.1 Å². The van der Waals surface area contributed by atoms with Crippen LogP contribution in [0.5, 0.6) is 0 Å². The van der Waals surface area contributed by atoms with Gasteiger partial charge in [-0.2, -0.15) is 0 Å². The quantitative estimate of drug-likeness (QED) is 0.749. The molecule has 90 valence electrons. The van der Waals surface area contributed by atoms with Crippen molar-refractivity contribution in [3.8, 4) is 12.3 Å². The van der Waals surface area contributed by atoms with Crippen molar-refractivity contribution < 1.29 is 4.79 Å². The number of terminal acetylenes is 1. The molecule has 2 N–H and O–H groups in total. The van der Waals surface area contributed by atoms with E-state index in [1.54, 1.807) is 0 Å². The standard InChI is InChI=1S/C14H18N2O/c1-4-14(2,3)16-11-13(17)15-10-12-8-6-5-7-9-12/h1,5-9,16H,10-11H2,2-3H3,(H,15,17). The molecule has 0 radical (unpaired) electrons. The summed E-state index contributed by atoms with van der Waals surface area (Å²) in [5.41, 5.74) is 0.626. The Morgan fingerprint density at radius 3 is 2.59 bits per heavy atom. The largest absolute Gasteiger partial charge is 0.351 e. The molecule has 0 bridgehead atoms. The molecular formula is C14H18N2O. The lowest BCUT2D eigenvalue weighted by Gasteiger charge is -2.19. The van der Waals surface area contributed by atoms with Crippen LogP contribution in [0.4, 0.5) is 0 Å².